The number of nitrogens with zero attached hydrogens (tertiary/aromatic N) is 3. The van der Waals surface area contributed by atoms with Crippen molar-refractivity contribution in [2.45, 2.75) is 64.3 Å². The SMILES string of the molecule is CCCN(CC(=O)Nc1c(-c2ccccc2)c(C)nn1-c1ccc(OC)cc1)C(=O)NC12CC3CC(CC(C3)C1)C2. The van der Waals surface area contributed by atoms with Crippen LogP contribution in [0.4, 0.5) is 10.6 Å². The molecular formula is C33H41N5O3. The van der Waals surface area contributed by atoms with Crippen LogP contribution in [0.3, 0.4) is 0 Å². The van der Waals surface area contributed by atoms with E-state index in [-0.39, 0.29) is 24.0 Å². The molecule has 4 fully saturated rings. The molecule has 1 heterocycles. The van der Waals surface area contributed by atoms with Crippen LogP contribution in [-0.4, -0.2) is 52.4 Å². The lowest BCUT2D eigenvalue weighted by Crippen LogP contribution is -2.62. The Morgan fingerprint density at radius 1 is 1.00 bits per heavy atom. The highest BCUT2D eigenvalue weighted by molar-refractivity contribution is 5.98. The average molecular weight is 556 g/mol. The first-order valence-corrected chi connectivity index (χ1v) is 15.0. The number of carbonyl (C=O) groups excluding carboxylic acids is 2. The fourth-order valence-corrected chi connectivity index (χ4v) is 7.94. The number of amides is 3. The number of aromatic nitrogens is 2. The van der Waals surface area contributed by atoms with E-state index >= 15 is 0 Å². The van der Waals surface area contributed by atoms with Gasteiger partial charge in [0.05, 0.1) is 18.5 Å². The Bertz CT molecular complexity index is 1360. The molecule has 3 aromatic rings. The van der Waals surface area contributed by atoms with Crippen molar-refractivity contribution in [3.8, 4) is 22.6 Å². The maximum atomic E-state index is 13.7. The maximum Gasteiger partial charge on any atom is 0.318 e. The summed E-state index contributed by atoms with van der Waals surface area (Å²) in [6.07, 6.45) is 7.98. The van der Waals surface area contributed by atoms with Crippen molar-refractivity contribution < 1.29 is 14.3 Å². The predicted molar refractivity (Wildman–Crippen MR) is 160 cm³/mol. The highest BCUT2D eigenvalue weighted by atomic mass is 16.5. The minimum Gasteiger partial charge on any atom is -0.497 e. The number of hydrogen-bond acceptors (Lipinski definition) is 4. The minimum atomic E-state index is -0.244. The molecule has 4 aliphatic carbocycles. The van der Waals surface area contributed by atoms with Crippen LogP contribution in [0.1, 0.15) is 57.6 Å². The summed E-state index contributed by atoms with van der Waals surface area (Å²) in [5.74, 6) is 3.30. The molecule has 0 atom stereocenters. The molecule has 4 saturated carbocycles. The number of benzene rings is 2. The number of urea groups is 1. The van der Waals surface area contributed by atoms with Crippen molar-refractivity contribution in [2.24, 2.45) is 17.8 Å². The van der Waals surface area contributed by atoms with E-state index in [1.165, 1.54) is 19.3 Å². The normalized spacial score (nSPS) is 24.2. The van der Waals surface area contributed by atoms with E-state index < -0.39 is 0 Å². The summed E-state index contributed by atoms with van der Waals surface area (Å²) in [6.45, 7) is 4.49. The Kier molecular flexibility index (Phi) is 7.49. The topological polar surface area (TPSA) is 88.5 Å². The number of methoxy groups -OCH3 is 1. The zero-order valence-corrected chi connectivity index (χ0v) is 24.4. The van der Waals surface area contributed by atoms with Gasteiger partial charge in [0, 0.05) is 17.6 Å². The number of rotatable bonds is 9. The van der Waals surface area contributed by atoms with Crippen molar-refractivity contribution in [3.63, 3.8) is 0 Å². The molecule has 0 radical (unpaired) electrons. The van der Waals surface area contributed by atoms with Crippen LogP contribution >= 0.6 is 0 Å². The van der Waals surface area contributed by atoms with Gasteiger partial charge in [-0.1, -0.05) is 37.3 Å². The first-order chi connectivity index (χ1) is 19.9. The summed E-state index contributed by atoms with van der Waals surface area (Å²) in [5.41, 5.74) is 3.32. The van der Waals surface area contributed by atoms with Gasteiger partial charge in [0.2, 0.25) is 5.91 Å². The van der Waals surface area contributed by atoms with Crippen LogP contribution in [-0.2, 0) is 4.79 Å². The molecule has 3 amide bonds. The second-order valence-electron chi connectivity index (χ2n) is 12.4. The third-order valence-corrected chi connectivity index (χ3v) is 9.22. The smallest absolute Gasteiger partial charge is 0.318 e. The van der Waals surface area contributed by atoms with Crippen molar-refractivity contribution in [1.29, 1.82) is 0 Å². The van der Waals surface area contributed by atoms with Crippen molar-refractivity contribution in [3.05, 3.63) is 60.3 Å². The molecular weight excluding hydrogens is 514 g/mol. The standard InChI is InChI=1S/C33H41N5O3/c1-4-14-37(32(40)35-33-18-23-15-24(19-33)17-25(16-23)20-33)21-29(39)34-31-30(26-8-6-5-7-9-26)22(2)36-38(31)27-10-12-28(41-3)13-11-27/h5-13,23-25H,4,14-21H2,1-3H3,(H,34,39)(H,35,40). The highest BCUT2D eigenvalue weighted by Crippen LogP contribution is 2.55. The molecule has 4 aliphatic rings. The lowest BCUT2D eigenvalue weighted by Gasteiger charge is -2.57. The van der Waals surface area contributed by atoms with E-state index in [4.69, 9.17) is 9.84 Å². The molecule has 2 aromatic carbocycles. The first-order valence-electron chi connectivity index (χ1n) is 15.0. The molecule has 1 aromatic heterocycles. The van der Waals surface area contributed by atoms with Gasteiger partial charge in [-0.2, -0.15) is 5.10 Å². The van der Waals surface area contributed by atoms with Gasteiger partial charge >= 0.3 is 6.03 Å². The molecule has 8 nitrogen and oxygen atoms in total. The number of ether oxygens (including phenoxy) is 1. The van der Waals surface area contributed by atoms with Gasteiger partial charge < -0.3 is 20.3 Å². The molecule has 2 N–H and O–H groups in total. The van der Waals surface area contributed by atoms with Crippen LogP contribution in [0.5, 0.6) is 5.75 Å². The molecule has 0 saturated heterocycles. The minimum absolute atomic E-state index is 0.0207. The lowest BCUT2D eigenvalue weighted by molar-refractivity contribution is -0.116. The Balaban J connectivity index is 1.24. The van der Waals surface area contributed by atoms with Crippen molar-refractivity contribution in [2.75, 3.05) is 25.5 Å². The largest absolute Gasteiger partial charge is 0.497 e. The molecule has 0 unspecified atom stereocenters. The fraction of sp³-hybridized carbons (Fsp3) is 0.485. The predicted octanol–water partition coefficient (Wildman–Crippen LogP) is 6.19. The van der Waals surface area contributed by atoms with Crippen molar-refractivity contribution in [1.82, 2.24) is 20.0 Å². The van der Waals surface area contributed by atoms with Gasteiger partial charge in [0.1, 0.15) is 18.1 Å². The van der Waals surface area contributed by atoms with Crippen LogP contribution in [0.2, 0.25) is 0 Å². The molecule has 4 bridgehead atoms. The number of anilines is 1. The Morgan fingerprint density at radius 3 is 2.22 bits per heavy atom. The molecule has 7 rings (SSSR count). The number of carbonyl (C=O) groups is 2. The quantitative estimate of drug-likeness (QED) is 0.330. The zero-order chi connectivity index (χ0) is 28.6. The van der Waals surface area contributed by atoms with Gasteiger partial charge in [-0.15, -0.1) is 0 Å². The van der Waals surface area contributed by atoms with Crippen LogP contribution in [0.15, 0.2) is 54.6 Å². The summed E-state index contributed by atoms with van der Waals surface area (Å²) in [7, 11) is 1.63. The van der Waals surface area contributed by atoms with Crippen LogP contribution in [0.25, 0.3) is 16.8 Å². The zero-order valence-electron chi connectivity index (χ0n) is 24.4. The van der Waals surface area contributed by atoms with Gasteiger partial charge in [0.25, 0.3) is 0 Å². The molecule has 0 spiro atoms. The number of hydrogen-bond donors (Lipinski definition) is 2. The molecule has 0 aliphatic heterocycles. The average Bonchev–Trinajstić information content (AvgIpc) is 3.27. The summed E-state index contributed by atoms with van der Waals surface area (Å²) >= 11 is 0. The third-order valence-electron chi connectivity index (χ3n) is 9.22. The van der Waals surface area contributed by atoms with Gasteiger partial charge in [-0.25, -0.2) is 9.48 Å². The summed E-state index contributed by atoms with van der Waals surface area (Å²) in [6, 6.07) is 17.4. The lowest BCUT2D eigenvalue weighted by atomic mass is 9.53. The third kappa shape index (κ3) is 5.56. The number of aryl methyl sites for hydroxylation is 1. The van der Waals surface area contributed by atoms with Crippen LogP contribution < -0.4 is 15.4 Å². The monoisotopic (exact) mass is 555 g/mol. The van der Waals surface area contributed by atoms with E-state index in [2.05, 4.69) is 10.6 Å². The highest BCUT2D eigenvalue weighted by Gasteiger charge is 2.51. The second-order valence-corrected chi connectivity index (χ2v) is 12.4. The van der Waals surface area contributed by atoms with E-state index in [1.807, 2.05) is 68.4 Å². The van der Waals surface area contributed by atoms with Gasteiger partial charge in [-0.05, 0) is 99.5 Å². The van der Waals surface area contributed by atoms with Gasteiger partial charge in [-0.3, -0.25) is 4.79 Å². The Hall–Kier alpha value is -3.81. The molecule has 216 valence electrons. The molecule has 41 heavy (non-hydrogen) atoms. The van der Waals surface area contributed by atoms with E-state index in [1.54, 1.807) is 16.7 Å². The Morgan fingerprint density at radius 2 is 1.63 bits per heavy atom. The summed E-state index contributed by atoms with van der Waals surface area (Å²) < 4.78 is 7.09. The first kappa shape index (κ1) is 27.4. The van der Waals surface area contributed by atoms with Gasteiger partial charge in [0.15, 0.2) is 0 Å². The van der Waals surface area contributed by atoms with E-state index in [9.17, 15) is 9.59 Å². The Labute approximate surface area is 242 Å². The second kappa shape index (κ2) is 11.2. The summed E-state index contributed by atoms with van der Waals surface area (Å²) in [4.78, 5) is 29.0. The number of nitrogens with one attached hydrogen (secondary N) is 2. The summed E-state index contributed by atoms with van der Waals surface area (Å²) in [5, 5.41) is 11.4. The maximum absolute atomic E-state index is 13.7. The molecule has 8 heteroatoms. The van der Waals surface area contributed by atoms with E-state index in [0.717, 1.165) is 71.7 Å². The van der Waals surface area contributed by atoms with Crippen molar-refractivity contribution >= 4 is 17.8 Å². The van der Waals surface area contributed by atoms with Crippen LogP contribution in [0, 0.1) is 24.7 Å². The fourth-order valence-electron chi connectivity index (χ4n) is 7.94. The van der Waals surface area contributed by atoms with E-state index in [0.29, 0.717) is 12.4 Å².